The fourth-order valence-electron chi connectivity index (χ4n) is 1.67. The monoisotopic (exact) mass is 217 g/mol. The second kappa shape index (κ2) is 4.49. The van der Waals surface area contributed by atoms with Crippen LogP contribution in [0, 0.1) is 0 Å². The Morgan fingerprint density at radius 1 is 1.25 bits per heavy atom. The molecule has 1 heterocycles. The lowest BCUT2D eigenvalue weighted by molar-refractivity contribution is 0.235. The van der Waals surface area contributed by atoms with Gasteiger partial charge in [-0.25, -0.2) is 4.98 Å². The second-order valence-corrected chi connectivity index (χ2v) is 3.96. The normalized spacial score (nSPS) is 11.0. The van der Waals surface area contributed by atoms with Gasteiger partial charge in [0.15, 0.2) is 0 Å². The van der Waals surface area contributed by atoms with Crippen LogP contribution in [-0.4, -0.2) is 16.2 Å². The van der Waals surface area contributed by atoms with Crippen molar-refractivity contribution in [1.29, 1.82) is 0 Å². The van der Waals surface area contributed by atoms with Gasteiger partial charge in [-0.15, -0.1) is 0 Å². The van der Waals surface area contributed by atoms with Gasteiger partial charge in [0, 0.05) is 17.1 Å². The maximum atomic E-state index is 9.23. The molecule has 0 bridgehead atoms. The second-order valence-electron chi connectivity index (χ2n) is 3.96. The van der Waals surface area contributed by atoms with Crippen molar-refractivity contribution in [3.8, 4) is 5.88 Å². The third kappa shape index (κ3) is 1.99. The molecule has 84 valence electrons. The van der Waals surface area contributed by atoms with E-state index in [4.69, 9.17) is 4.74 Å². The molecule has 3 nitrogen and oxygen atoms in total. The molecule has 0 unspecified atom stereocenters. The largest absolute Gasteiger partial charge is 0.475 e. The number of hydrogen-bond donors (Lipinski definition) is 1. The van der Waals surface area contributed by atoms with Gasteiger partial charge in [-0.05, 0) is 25.3 Å². The lowest BCUT2D eigenvalue weighted by atomic mass is 10.1. The lowest BCUT2D eigenvalue weighted by Gasteiger charge is -2.12. The van der Waals surface area contributed by atoms with E-state index >= 15 is 0 Å². The van der Waals surface area contributed by atoms with Crippen LogP contribution in [0.25, 0.3) is 10.8 Å². The average Bonchev–Trinajstić information content (AvgIpc) is 2.29. The molecular weight excluding hydrogens is 202 g/mol. The Hall–Kier alpha value is -1.61. The van der Waals surface area contributed by atoms with Crippen molar-refractivity contribution in [1.82, 2.24) is 4.98 Å². The van der Waals surface area contributed by atoms with Crippen LogP contribution in [0.5, 0.6) is 5.88 Å². The van der Waals surface area contributed by atoms with Crippen molar-refractivity contribution in [2.24, 2.45) is 0 Å². The van der Waals surface area contributed by atoms with E-state index in [2.05, 4.69) is 4.98 Å². The summed E-state index contributed by atoms with van der Waals surface area (Å²) in [5.41, 5.74) is 0.826. The topological polar surface area (TPSA) is 42.4 Å². The molecule has 0 aliphatic heterocycles. The number of pyridine rings is 1. The van der Waals surface area contributed by atoms with Gasteiger partial charge < -0.3 is 9.84 Å². The predicted molar refractivity (Wildman–Crippen MR) is 63.4 cm³/mol. The van der Waals surface area contributed by atoms with E-state index in [-0.39, 0.29) is 12.7 Å². The highest BCUT2D eigenvalue weighted by Gasteiger charge is 2.08. The fraction of sp³-hybridized carbons (Fsp3) is 0.308. The number of fused-ring (bicyclic) bond motifs is 1. The molecule has 0 saturated carbocycles. The lowest BCUT2D eigenvalue weighted by Crippen LogP contribution is -2.07. The van der Waals surface area contributed by atoms with Crippen molar-refractivity contribution < 1.29 is 9.84 Å². The van der Waals surface area contributed by atoms with Gasteiger partial charge in [0.2, 0.25) is 5.88 Å². The van der Waals surface area contributed by atoms with Crippen molar-refractivity contribution in [3.05, 3.63) is 36.0 Å². The number of rotatable bonds is 3. The third-order valence-corrected chi connectivity index (χ3v) is 2.36. The highest BCUT2D eigenvalue weighted by Crippen LogP contribution is 2.26. The van der Waals surface area contributed by atoms with Crippen molar-refractivity contribution in [2.75, 3.05) is 0 Å². The predicted octanol–water partition coefficient (Wildman–Crippen LogP) is 2.51. The number of aromatic nitrogens is 1. The smallest absolute Gasteiger partial charge is 0.221 e. The van der Waals surface area contributed by atoms with Crippen LogP contribution < -0.4 is 4.74 Å². The van der Waals surface area contributed by atoms with Gasteiger partial charge in [-0.3, -0.25) is 0 Å². The summed E-state index contributed by atoms with van der Waals surface area (Å²) in [7, 11) is 0. The van der Waals surface area contributed by atoms with Crippen molar-refractivity contribution in [3.63, 3.8) is 0 Å². The summed E-state index contributed by atoms with van der Waals surface area (Å²) in [5.74, 6) is 0.628. The van der Waals surface area contributed by atoms with Crippen LogP contribution in [0.15, 0.2) is 30.5 Å². The zero-order valence-corrected chi connectivity index (χ0v) is 9.47. The Morgan fingerprint density at radius 2 is 1.94 bits per heavy atom. The first-order valence-corrected chi connectivity index (χ1v) is 5.36. The van der Waals surface area contributed by atoms with E-state index in [1.165, 1.54) is 0 Å². The molecule has 2 aromatic rings. The molecule has 0 aliphatic carbocycles. The summed E-state index contributed by atoms with van der Waals surface area (Å²) in [4.78, 5) is 4.24. The molecule has 16 heavy (non-hydrogen) atoms. The standard InChI is InChI=1S/C13H15NO2/c1-9(2)16-13-12-6-4-3-5-11(12)10(8-15)7-14-13/h3-7,9,15H,8H2,1-2H3. The van der Waals surface area contributed by atoms with Crippen LogP contribution in [0.1, 0.15) is 19.4 Å². The summed E-state index contributed by atoms with van der Waals surface area (Å²) in [6, 6.07) is 7.81. The number of ether oxygens (including phenoxy) is 1. The molecule has 2 rings (SSSR count). The molecule has 0 fully saturated rings. The minimum atomic E-state index is -0.00449. The molecule has 1 aromatic heterocycles. The van der Waals surface area contributed by atoms with Gasteiger partial charge in [0.1, 0.15) is 0 Å². The van der Waals surface area contributed by atoms with E-state index in [0.29, 0.717) is 5.88 Å². The van der Waals surface area contributed by atoms with Gasteiger partial charge in [-0.1, -0.05) is 18.2 Å². The van der Waals surface area contributed by atoms with Gasteiger partial charge in [-0.2, -0.15) is 0 Å². The van der Waals surface area contributed by atoms with E-state index in [1.54, 1.807) is 6.20 Å². The van der Waals surface area contributed by atoms with E-state index in [0.717, 1.165) is 16.3 Å². The minimum Gasteiger partial charge on any atom is -0.475 e. The summed E-state index contributed by atoms with van der Waals surface area (Å²) in [6.45, 7) is 3.93. The van der Waals surface area contributed by atoms with E-state index in [1.807, 2.05) is 38.1 Å². The molecule has 0 saturated heterocycles. The first-order chi connectivity index (χ1) is 7.72. The Balaban J connectivity index is 2.60. The van der Waals surface area contributed by atoms with Crippen LogP contribution in [0.4, 0.5) is 0 Å². The first-order valence-electron chi connectivity index (χ1n) is 5.36. The van der Waals surface area contributed by atoms with Gasteiger partial charge in [0.25, 0.3) is 0 Å². The SMILES string of the molecule is CC(C)Oc1ncc(CO)c2ccccc12. The van der Waals surface area contributed by atoms with Gasteiger partial charge in [0.05, 0.1) is 12.7 Å². The highest BCUT2D eigenvalue weighted by molar-refractivity contribution is 5.89. The zero-order chi connectivity index (χ0) is 11.5. The Labute approximate surface area is 94.7 Å². The molecule has 0 amide bonds. The Morgan fingerprint density at radius 3 is 2.56 bits per heavy atom. The molecule has 0 spiro atoms. The van der Waals surface area contributed by atoms with Crippen molar-refractivity contribution in [2.45, 2.75) is 26.6 Å². The van der Waals surface area contributed by atoms with E-state index < -0.39 is 0 Å². The summed E-state index contributed by atoms with van der Waals surface area (Å²) < 4.78 is 5.63. The third-order valence-electron chi connectivity index (χ3n) is 2.36. The van der Waals surface area contributed by atoms with Gasteiger partial charge >= 0.3 is 0 Å². The first kappa shape index (κ1) is 10.9. The molecule has 0 atom stereocenters. The van der Waals surface area contributed by atoms with E-state index in [9.17, 15) is 5.11 Å². The number of hydrogen-bond acceptors (Lipinski definition) is 3. The van der Waals surface area contributed by atoms with Crippen LogP contribution in [0.2, 0.25) is 0 Å². The maximum Gasteiger partial charge on any atom is 0.221 e. The molecule has 0 radical (unpaired) electrons. The highest BCUT2D eigenvalue weighted by atomic mass is 16.5. The zero-order valence-electron chi connectivity index (χ0n) is 9.47. The van der Waals surface area contributed by atoms with Crippen LogP contribution in [0.3, 0.4) is 0 Å². The Kier molecular flexibility index (Phi) is 3.06. The van der Waals surface area contributed by atoms with Crippen molar-refractivity contribution >= 4 is 10.8 Å². The quantitative estimate of drug-likeness (QED) is 0.859. The minimum absolute atomic E-state index is 0.00449. The Bertz CT molecular complexity index is 494. The number of aliphatic hydroxyl groups is 1. The summed E-state index contributed by atoms with van der Waals surface area (Å²) in [5, 5.41) is 11.2. The maximum absolute atomic E-state index is 9.23. The average molecular weight is 217 g/mol. The molecule has 1 N–H and O–H groups in total. The fourth-order valence-corrected chi connectivity index (χ4v) is 1.67. The molecule has 0 aliphatic rings. The molecule has 1 aromatic carbocycles. The number of nitrogens with zero attached hydrogens (tertiary/aromatic N) is 1. The molecular formula is C13H15NO2. The van der Waals surface area contributed by atoms with Crippen LogP contribution in [-0.2, 0) is 6.61 Å². The molecule has 3 heteroatoms. The summed E-state index contributed by atoms with van der Waals surface area (Å²) >= 11 is 0. The summed E-state index contributed by atoms with van der Waals surface area (Å²) in [6.07, 6.45) is 1.76. The van der Waals surface area contributed by atoms with Crippen LogP contribution >= 0.6 is 0 Å². The number of aliphatic hydroxyl groups excluding tert-OH is 1. The number of benzene rings is 1.